The Morgan fingerprint density at radius 1 is 1.15 bits per heavy atom. The quantitative estimate of drug-likeness (QED) is 0.783. The van der Waals surface area contributed by atoms with Crippen LogP contribution in [0, 0.1) is 0 Å². The van der Waals surface area contributed by atoms with E-state index < -0.39 is 5.91 Å². The van der Waals surface area contributed by atoms with E-state index in [-0.39, 0.29) is 10.8 Å². The summed E-state index contributed by atoms with van der Waals surface area (Å²) >= 11 is 12.7. The van der Waals surface area contributed by atoms with Crippen LogP contribution < -0.4 is 5.32 Å². The molecule has 0 aliphatic heterocycles. The molecule has 100 valence electrons. The number of carbonyl (C=O) groups is 1. The van der Waals surface area contributed by atoms with Gasteiger partial charge in [0.25, 0.3) is 5.91 Å². The first-order valence-electron chi connectivity index (χ1n) is 5.35. The van der Waals surface area contributed by atoms with Gasteiger partial charge in [-0.25, -0.2) is 9.97 Å². The van der Waals surface area contributed by atoms with Crippen molar-refractivity contribution in [1.29, 1.82) is 0 Å². The molecule has 0 bridgehead atoms. The second-order valence-corrected chi connectivity index (χ2v) is 5.06. The van der Waals surface area contributed by atoms with Gasteiger partial charge in [0.15, 0.2) is 0 Å². The van der Waals surface area contributed by atoms with E-state index in [9.17, 15) is 4.79 Å². The average molecular weight is 326 g/mol. The highest BCUT2D eigenvalue weighted by Crippen LogP contribution is 2.30. The van der Waals surface area contributed by atoms with Crippen LogP contribution in [0.25, 0.3) is 11.0 Å². The first kappa shape index (κ1) is 13.2. The Morgan fingerprint density at radius 2 is 2.00 bits per heavy atom. The summed E-state index contributed by atoms with van der Waals surface area (Å²) in [5.74, 6) is -0.448. The minimum Gasteiger partial charge on any atom is -0.317 e. The fraction of sp³-hybridized carbons (Fsp3) is 0. The van der Waals surface area contributed by atoms with E-state index in [0.717, 1.165) is 11.7 Å². The molecule has 0 aliphatic carbocycles. The Hall–Kier alpha value is -1.83. The molecule has 0 unspecified atom stereocenters. The second-order valence-electron chi connectivity index (χ2n) is 3.73. The zero-order chi connectivity index (χ0) is 14.1. The maximum Gasteiger partial charge on any atom is 0.275 e. The number of aromatic nitrogens is 4. The molecular formula is C11H5Cl2N5OS. The van der Waals surface area contributed by atoms with Crippen molar-refractivity contribution in [3.8, 4) is 0 Å². The number of fused-ring (bicyclic) bond motifs is 1. The van der Waals surface area contributed by atoms with E-state index in [1.807, 2.05) is 0 Å². The Balaban J connectivity index is 1.96. The standard InChI is InChI=1S/C11H5Cl2N5OS/c12-5-1-2-6-10(18-20-17-6)9(5)16-11(19)7-3-15-8(13)4-14-7/h1-4H,(H,16,19). The number of halogens is 2. The monoisotopic (exact) mass is 325 g/mol. The predicted octanol–water partition coefficient (Wildman–Crippen LogP) is 3.04. The van der Waals surface area contributed by atoms with E-state index in [4.69, 9.17) is 23.2 Å². The van der Waals surface area contributed by atoms with Gasteiger partial charge in [0, 0.05) is 0 Å². The topological polar surface area (TPSA) is 80.7 Å². The van der Waals surface area contributed by atoms with Crippen LogP contribution >= 0.6 is 34.9 Å². The first-order valence-corrected chi connectivity index (χ1v) is 6.83. The number of amides is 1. The van der Waals surface area contributed by atoms with E-state index in [1.54, 1.807) is 12.1 Å². The molecule has 3 rings (SSSR count). The molecule has 0 aliphatic rings. The molecule has 0 saturated heterocycles. The third-order valence-corrected chi connectivity index (χ3v) is 3.52. The van der Waals surface area contributed by atoms with Crippen LogP contribution in [-0.4, -0.2) is 24.6 Å². The van der Waals surface area contributed by atoms with Crippen molar-refractivity contribution in [2.24, 2.45) is 0 Å². The molecule has 3 aromatic rings. The van der Waals surface area contributed by atoms with Gasteiger partial charge in [-0.2, -0.15) is 8.75 Å². The summed E-state index contributed by atoms with van der Waals surface area (Å²) in [5, 5.41) is 3.25. The summed E-state index contributed by atoms with van der Waals surface area (Å²) in [4.78, 5) is 19.8. The summed E-state index contributed by atoms with van der Waals surface area (Å²) < 4.78 is 8.20. The van der Waals surface area contributed by atoms with Crippen LogP contribution in [0.2, 0.25) is 10.2 Å². The summed E-state index contributed by atoms with van der Waals surface area (Å²) in [5.41, 5.74) is 1.74. The Bertz CT molecular complexity index is 789. The lowest BCUT2D eigenvalue weighted by Gasteiger charge is -2.06. The summed E-state index contributed by atoms with van der Waals surface area (Å²) in [6.45, 7) is 0. The molecule has 6 nitrogen and oxygen atoms in total. The average Bonchev–Trinajstić information content (AvgIpc) is 2.91. The minimum atomic E-state index is -0.448. The third-order valence-electron chi connectivity index (χ3n) is 2.47. The SMILES string of the molecule is O=C(Nc1c(Cl)ccc2nsnc12)c1cnc(Cl)cn1. The van der Waals surface area contributed by atoms with Crippen LogP contribution in [0.1, 0.15) is 10.5 Å². The third kappa shape index (κ3) is 2.43. The number of nitrogens with zero attached hydrogens (tertiary/aromatic N) is 4. The van der Waals surface area contributed by atoms with Crippen molar-refractivity contribution in [3.63, 3.8) is 0 Å². The number of rotatable bonds is 2. The summed E-state index contributed by atoms with van der Waals surface area (Å²) in [7, 11) is 0. The van der Waals surface area contributed by atoms with Crippen LogP contribution in [0.5, 0.6) is 0 Å². The molecule has 9 heteroatoms. The lowest BCUT2D eigenvalue weighted by atomic mass is 10.2. The van der Waals surface area contributed by atoms with Gasteiger partial charge in [-0.15, -0.1) is 0 Å². The van der Waals surface area contributed by atoms with E-state index >= 15 is 0 Å². The number of benzene rings is 1. The molecule has 0 saturated carbocycles. The van der Waals surface area contributed by atoms with Gasteiger partial charge in [0.2, 0.25) is 0 Å². The van der Waals surface area contributed by atoms with Gasteiger partial charge < -0.3 is 5.32 Å². The molecule has 0 radical (unpaired) electrons. The van der Waals surface area contributed by atoms with Crippen molar-refractivity contribution in [2.45, 2.75) is 0 Å². The van der Waals surface area contributed by atoms with E-state index in [0.29, 0.717) is 21.7 Å². The zero-order valence-electron chi connectivity index (χ0n) is 9.67. The summed E-state index contributed by atoms with van der Waals surface area (Å²) in [6, 6.07) is 3.38. The Kier molecular flexibility index (Phi) is 3.47. The molecule has 1 amide bonds. The highest BCUT2D eigenvalue weighted by atomic mass is 35.5. The maximum atomic E-state index is 12.1. The highest BCUT2D eigenvalue weighted by molar-refractivity contribution is 7.00. The van der Waals surface area contributed by atoms with Crippen LogP contribution in [0.4, 0.5) is 5.69 Å². The number of hydrogen-bond acceptors (Lipinski definition) is 6. The highest BCUT2D eigenvalue weighted by Gasteiger charge is 2.15. The molecule has 1 aromatic carbocycles. The lowest BCUT2D eigenvalue weighted by Crippen LogP contribution is -2.14. The molecule has 2 aromatic heterocycles. The van der Waals surface area contributed by atoms with Gasteiger partial charge in [-0.3, -0.25) is 4.79 Å². The number of anilines is 1. The van der Waals surface area contributed by atoms with Crippen molar-refractivity contribution < 1.29 is 4.79 Å². The molecule has 0 fully saturated rings. The largest absolute Gasteiger partial charge is 0.317 e. The molecule has 2 heterocycles. The fourth-order valence-corrected chi connectivity index (χ4v) is 2.39. The molecule has 0 atom stereocenters. The van der Waals surface area contributed by atoms with Gasteiger partial charge in [-0.05, 0) is 12.1 Å². The Morgan fingerprint density at radius 3 is 2.75 bits per heavy atom. The lowest BCUT2D eigenvalue weighted by molar-refractivity contribution is 0.102. The van der Waals surface area contributed by atoms with Crippen LogP contribution in [0.15, 0.2) is 24.5 Å². The van der Waals surface area contributed by atoms with Gasteiger partial charge in [0.1, 0.15) is 21.9 Å². The van der Waals surface area contributed by atoms with E-state index in [2.05, 4.69) is 24.0 Å². The van der Waals surface area contributed by atoms with Gasteiger partial charge in [0.05, 0.1) is 34.8 Å². The second kappa shape index (κ2) is 5.28. The normalized spacial score (nSPS) is 10.7. The van der Waals surface area contributed by atoms with Gasteiger partial charge >= 0.3 is 0 Å². The smallest absolute Gasteiger partial charge is 0.275 e. The summed E-state index contributed by atoms with van der Waals surface area (Å²) in [6.07, 6.45) is 2.58. The van der Waals surface area contributed by atoms with Gasteiger partial charge in [-0.1, -0.05) is 23.2 Å². The minimum absolute atomic E-state index is 0.130. The molecular weight excluding hydrogens is 321 g/mol. The van der Waals surface area contributed by atoms with Crippen molar-refractivity contribution in [3.05, 3.63) is 40.4 Å². The molecule has 1 N–H and O–H groups in total. The van der Waals surface area contributed by atoms with Crippen LogP contribution in [0.3, 0.4) is 0 Å². The zero-order valence-corrected chi connectivity index (χ0v) is 12.0. The number of hydrogen-bond donors (Lipinski definition) is 1. The number of carbonyl (C=O) groups excluding carboxylic acids is 1. The number of nitrogens with one attached hydrogen (secondary N) is 1. The fourth-order valence-electron chi connectivity index (χ4n) is 1.55. The van der Waals surface area contributed by atoms with Crippen molar-refractivity contribution >= 4 is 57.6 Å². The predicted molar refractivity (Wildman–Crippen MR) is 77.4 cm³/mol. The van der Waals surface area contributed by atoms with E-state index in [1.165, 1.54) is 12.4 Å². The maximum absolute atomic E-state index is 12.1. The molecule has 20 heavy (non-hydrogen) atoms. The van der Waals surface area contributed by atoms with Crippen molar-refractivity contribution in [1.82, 2.24) is 18.7 Å². The van der Waals surface area contributed by atoms with Crippen molar-refractivity contribution in [2.75, 3.05) is 5.32 Å². The van der Waals surface area contributed by atoms with Crippen LogP contribution in [-0.2, 0) is 0 Å². The molecule has 0 spiro atoms. The first-order chi connectivity index (χ1) is 9.65. The Labute approximate surface area is 127 Å².